The normalized spacial score (nSPS) is 14.7. The van der Waals surface area contributed by atoms with Gasteiger partial charge < -0.3 is 9.47 Å². The fourth-order valence-electron chi connectivity index (χ4n) is 4.25. The Bertz CT molecular complexity index is 1050. The fraction of sp³-hybridized carbons (Fsp3) is 0.481. The fourth-order valence-corrected chi connectivity index (χ4v) is 4.25. The molecule has 36 heavy (non-hydrogen) atoms. The van der Waals surface area contributed by atoms with Gasteiger partial charge in [-0.3, -0.25) is 14.5 Å². The quantitative estimate of drug-likeness (QED) is 0.193. The van der Waals surface area contributed by atoms with E-state index in [9.17, 15) is 27.2 Å². The molecule has 1 fully saturated rings. The molecular weight excluding hydrogens is 478 g/mol. The Kier molecular flexibility index (Phi) is 9.11. The lowest BCUT2D eigenvalue weighted by atomic mass is 9.93. The maximum Gasteiger partial charge on any atom is 0.320 e. The van der Waals surface area contributed by atoms with Gasteiger partial charge in [0.15, 0.2) is 11.6 Å². The zero-order chi connectivity index (χ0) is 26.5. The molecule has 0 aliphatic heterocycles. The molecule has 0 aromatic heterocycles. The molecule has 9 heteroatoms. The number of nitrogens with zero attached hydrogens (tertiary/aromatic N) is 1. The van der Waals surface area contributed by atoms with Crippen molar-refractivity contribution < 1.29 is 36.6 Å². The minimum atomic E-state index is -1.77. The first-order valence-electron chi connectivity index (χ1n) is 12.0. The van der Waals surface area contributed by atoms with E-state index in [-0.39, 0.29) is 31.0 Å². The molecule has 1 aliphatic rings. The third-order valence-electron chi connectivity index (χ3n) is 5.89. The monoisotopic (exact) mass is 509 g/mol. The second-order valence-electron chi connectivity index (χ2n) is 10.0. The maximum atomic E-state index is 13.8. The summed E-state index contributed by atoms with van der Waals surface area (Å²) in [7, 11) is 0. The van der Waals surface area contributed by atoms with E-state index < -0.39 is 40.6 Å². The number of hydrogen-bond acceptors (Lipinski definition) is 5. The zero-order valence-corrected chi connectivity index (χ0v) is 20.7. The largest absolute Gasteiger partial charge is 0.459 e. The van der Waals surface area contributed by atoms with Crippen molar-refractivity contribution in [2.24, 2.45) is 0 Å². The highest BCUT2D eigenvalue weighted by molar-refractivity contribution is 5.75. The number of carbonyl (C=O) groups excluding carboxylic acids is 2. The average molecular weight is 510 g/mol. The van der Waals surface area contributed by atoms with Crippen LogP contribution in [-0.4, -0.2) is 35.0 Å². The van der Waals surface area contributed by atoms with Gasteiger partial charge in [-0.25, -0.2) is 8.78 Å². The predicted octanol–water partition coefficient (Wildman–Crippen LogP) is 5.87. The summed E-state index contributed by atoms with van der Waals surface area (Å²) in [5.41, 5.74) is 0.817. The number of carbonyl (C=O) groups is 2. The zero-order valence-electron chi connectivity index (χ0n) is 20.7. The number of benzene rings is 2. The molecule has 0 bridgehead atoms. The summed E-state index contributed by atoms with van der Waals surface area (Å²) in [5.74, 6) is -9.62. The van der Waals surface area contributed by atoms with Crippen LogP contribution in [0.25, 0.3) is 0 Å². The van der Waals surface area contributed by atoms with Crippen molar-refractivity contribution in [2.45, 2.75) is 77.5 Å². The van der Waals surface area contributed by atoms with Gasteiger partial charge in [-0.1, -0.05) is 43.5 Å². The van der Waals surface area contributed by atoms with Gasteiger partial charge in [0, 0.05) is 18.7 Å². The number of hydrogen-bond donors (Lipinski definition) is 0. The summed E-state index contributed by atoms with van der Waals surface area (Å²) in [5, 5.41) is 0. The van der Waals surface area contributed by atoms with Crippen molar-refractivity contribution in [3.05, 3.63) is 64.7 Å². The van der Waals surface area contributed by atoms with Crippen LogP contribution < -0.4 is 4.74 Å². The number of halogens is 4. The molecule has 0 amide bonds. The molecule has 0 N–H and O–H groups in total. The Balaban J connectivity index is 1.65. The van der Waals surface area contributed by atoms with Gasteiger partial charge in [0.1, 0.15) is 5.60 Å². The molecule has 2 aromatic rings. The van der Waals surface area contributed by atoms with Crippen LogP contribution in [0, 0.1) is 23.3 Å². The minimum Gasteiger partial charge on any atom is -0.459 e. The van der Waals surface area contributed by atoms with E-state index in [2.05, 4.69) is 9.64 Å². The molecule has 0 heterocycles. The summed E-state index contributed by atoms with van der Waals surface area (Å²) in [4.78, 5) is 26.8. The van der Waals surface area contributed by atoms with Gasteiger partial charge in [0.2, 0.25) is 17.4 Å². The first-order chi connectivity index (χ1) is 16.9. The molecule has 0 atom stereocenters. The Morgan fingerprint density at radius 2 is 1.44 bits per heavy atom. The van der Waals surface area contributed by atoms with E-state index in [0.29, 0.717) is 12.1 Å². The van der Waals surface area contributed by atoms with E-state index in [1.807, 2.05) is 20.8 Å². The first kappa shape index (κ1) is 27.6. The summed E-state index contributed by atoms with van der Waals surface area (Å²) in [6, 6.07) is 7.19. The predicted molar refractivity (Wildman–Crippen MR) is 125 cm³/mol. The van der Waals surface area contributed by atoms with Gasteiger partial charge in [-0.05, 0) is 44.7 Å². The topological polar surface area (TPSA) is 55.8 Å². The van der Waals surface area contributed by atoms with Gasteiger partial charge in [-0.2, -0.15) is 8.78 Å². The van der Waals surface area contributed by atoms with Gasteiger partial charge in [0.25, 0.3) is 0 Å². The Morgan fingerprint density at radius 3 is 2.00 bits per heavy atom. The van der Waals surface area contributed by atoms with E-state index in [1.54, 1.807) is 24.3 Å². The van der Waals surface area contributed by atoms with Crippen LogP contribution in [-0.2, 0) is 27.3 Å². The molecule has 0 radical (unpaired) electrons. The summed E-state index contributed by atoms with van der Waals surface area (Å²) >= 11 is 0. The highest BCUT2D eigenvalue weighted by atomic mass is 19.2. The lowest BCUT2D eigenvalue weighted by molar-refractivity contribution is -0.157. The molecule has 0 unspecified atom stereocenters. The van der Waals surface area contributed by atoms with Crippen LogP contribution in [0.4, 0.5) is 17.6 Å². The highest BCUT2D eigenvalue weighted by Crippen LogP contribution is 2.27. The lowest BCUT2D eigenvalue weighted by Crippen LogP contribution is -2.41. The van der Waals surface area contributed by atoms with Crippen molar-refractivity contribution >= 4 is 11.9 Å². The molecule has 5 nitrogen and oxygen atoms in total. The number of esters is 2. The third-order valence-corrected chi connectivity index (χ3v) is 5.89. The van der Waals surface area contributed by atoms with Crippen molar-refractivity contribution in [1.29, 1.82) is 0 Å². The Hall–Kier alpha value is -2.94. The standard InChI is InChI=1S/C27H31F4NO4/c1-27(2,3)36-23(34)16-32(19-7-5-4-6-8-19)15-18-11-9-17(10-12-18)13-22(33)35-26-24(30)20(28)14-21(29)25(26)31/h9-12,14,19H,4-8,13,15-16H2,1-3H3. The SMILES string of the molecule is CC(C)(C)OC(=O)CN(Cc1ccc(CC(=O)Oc2c(F)c(F)cc(F)c2F)cc1)C1CCCCC1. The van der Waals surface area contributed by atoms with Crippen LogP contribution in [0.2, 0.25) is 0 Å². The molecule has 0 saturated heterocycles. The molecular formula is C27H31F4NO4. The summed E-state index contributed by atoms with van der Waals surface area (Å²) in [6.07, 6.45) is 5.03. The second kappa shape index (κ2) is 11.9. The molecule has 2 aromatic carbocycles. The van der Waals surface area contributed by atoms with Gasteiger partial charge >= 0.3 is 11.9 Å². The smallest absolute Gasteiger partial charge is 0.320 e. The third kappa shape index (κ3) is 7.78. The first-order valence-corrected chi connectivity index (χ1v) is 12.0. The molecule has 0 spiro atoms. The molecule has 1 saturated carbocycles. The number of ether oxygens (including phenoxy) is 2. The van der Waals surface area contributed by atoms with Crippen LogP contribution in [0.1, 0.15) is 64.0 Å². The minimum absolute atomic E-state index is 0.0418. The molecule has 3 rings (SSSR count). The maximum absolute atomic E-state index is 13.8. The summed E-state index contributed by atoms with van der Waals surface area (Å²) in [6.45, 7) is 6.15. The lowest BCUT2D eigenvalue weighted by Gasteiger charge is -2.34. The average Bonchev–Trinajstić information content (AvgIpc) is 2.81. The van der Waals surface area contributed by atoms with Gasteiger partial charge in [-0.15, -0.1) is 0 Å². The van der Waals surface area contributed by atoms with E-state index >= 15 is 0 Å². The van der Waals surface area contributed by atoms with Crippen LogP contribution in [0.3, 0.4) is 0 Å². The molecule has 196 valence electrons. The number of rotatable bonds is 8. The van der Waals surface area contributed by atoms with E-state index in [1.165, 1.54) is 6.42 Å². The Labute approximate surface area is 208 Å². The van der Waals surface area contributed by atoms with Crippen molar-refractivity contribution in [2.75, 3.05) is 6.54 Å². The van der Waals surface area contributed by atoms with Crippen molar-refractivity contribution in [3.8, 4) is 5.75 Å². The van der Waals surface area contributed by atoms with Crippen molar-refractivity contribution in [3.63, 3.8) is 0 Å². The Morgan fingerprint density at radius 1 is 0.889 bits per heavy atom. The van der Waals surface area contributed by atoms with Crippen LogP contribution >= 0.6 is 0 Å². The van der Waals surface area contributed by atoms with Crippen LogP contribution in [0.15, 0.2) is 30.3 Å². The molecule has 1 aliphatic carbocycles. The summed E-state index contributed by atoms with van der Waals surface area (Å²) < 4.78 is 64.3. The van der Waals surface area contributed by atoms with Crippen molar-refractivity contribution in [1.82, 2.24) is 4.90 Å². The van der Waals surface area contributed by atoms with E-state index in [4.69, 9.17) is 4.74 Å². The van der Waals surface area contributed by atoms with Gasteiger partial charge in [0.05, 0.1) is 13.0 Å². The second-order valence-corrected chi connectivity index (χ2v) is 10.0. The highest BCUT2D eigenvalue weighted by Gasteiger charge is 2.26. The van der Waals surface area contributed by atoms with Crippen LogP contribution in [0.5, 0.6) is 5.75 Å². The van der Waals surface area contributed by atoms with E-state index in [0.717, 1.165) is 31.2 Å².